The largest absolute Gasteiger partial charge is 0.493 e. The lowest BCUT2D eigenvalue weighted by atomic mass is 10.1. The van der Waals surface area contributed by atoms with Crippen molar-refractivity contribution >= 4 is 23.6 Å². The molecule has 1 aromatic carbocycles. The SMILES string of the molecule is CCOc1ccccc1-c1cc(NC(=O)CCSCCc2ccccn2)on1. The second-order valence-corrected chi connectivity index (χ2v) is 7.21. The summed E-state index contributed by atoms with van der Waals surface area (Å²) in [6.07, 6.45) is 3.11. The molecule has 6 nitrogen and oxygen atoms in total. The minimum atomic E-state index is -0.0915. The predicted molar refractivity (Wildman–Crippen MR) is 112 cm³/mol. The van der Waals surface area contributed by atoms with E-state index in [4.69, 9.17) is 9.26 Å². The van der Waals surface area contributed by atoms with Gasteiger partial charge in [0.2, 0.25) is 11.8 Å². The van der Waals surface area contributed by atoms with Crippen molar-refractivity contribution in [3.8, 4) is 17.0 Å². The summed E-state index contributed by atoms with van der Waals surface area (Å²) in [6.45, 7) is 2.50. The first kappa shape index (κ1) is 19.9. The van der Waals surface area contributed by atoms with E-state index in [2.05, 4.69) is 15.5 Å². The molecule has 3 rings (SSSR count). The lowest BCUT2D eigenvalue weighted by molar-refractivity contribution is -0.115. The van der Waals surface area contributed by atoms with Gasteiger partial charge in [0.1, 0.15) is 11.4 Å². The number of thioether (sulfide) groups is 1. The molecule has 7 heteroatoms. The Morgan fingerprint density at radius 3 is 2.86 bits per heavy atom. The summed E-state index contributed by atoms with van der Waals surface area (Å²) >= 11 is 1.73. The fourth-order valence-electron chi connectivity index (χ4n) is 2.61. The fraction of sp³-hybridized carbons (Fsp3) is 0.286. The van der Waals surface area contributed by atoms with Crippen LogP contribution in [0.5, 0.6) is 5.75 Å². The lowest BCUT2D eigenvalue weighted by Gasteiger charge is -2.06. The maximum Gasteiger partial charge on any atom is 0.231 e. The van der Waals surface area contributed by atoms with E-state index in [-0.39, 0.29) is 5.91 Å². The topological polar surface area (TPSA) is 77.2 Å². The van der Waals surface area contributed by atoms with Gasteiger partial charge in [-0.2, -0.15) is 11.8 Å². The van der Waals surface area contributed by atoms with Crippen molar-refractivity contribution in [2.45, 2.75) is 19.8 Å². The quantitative estimate of drug-likeness (QED) is 0.510. The molecule has 28 heavy (non-hydrogen) atoms. The molecule has 0 aliphatic rings. The average molecular weight is 398 g/mol. The van der Waals surface area contributed by atoms with Gasteiger partial charge in [0.15, 0.2) is 0 Å². The fourth-order valence-corrected chi connectivity index (χ4v) is 3.50. The van der Waals surface area contributed by atoms with Crippen LogP contribution in [0.15, 0.2) is 59.3 Å². The van der Waals surface area contributed by atoms with Crippen LogP contribution in [0.2, 0.25) is 0 Å². The summed E-state index contributed by atoms with van der Waals surface area (Å²) < 4.78 is 10.9. The number of aryl methyl sites for hydroxylation is 1. The highest BCUT2D eigenvalue weighted by Crippen LogP contribution is 2.30. The number of anilines is 1. The van der Waals surface area contributed by atoms with E-state index in [0.717, 1.165) is 34.9 Å². The first-order chi connectivity index (χ1) is 13.8. The Labute approximate surface area is 168 Å². The Morgan fingerprint density at radius 1 is 1.18 bits per heavy atom. The number of para-hydroxylation sites is 1. The zero-order valence-corrected chi connectivity index (χ0v) is 16.6. The normalized spacial score (nSPS) is 10.6. The van der Waals surface area contributed by atoms with Crippen molar-refractivity contribution in [1.29, 1.82) is 0 Å². The summed E-state index contributed by atoms with van der Waals surface area (Å²) in [5.74, 6) is 2.66. The molecular formula is C21H23N3O3S. The molecule has 0 saturated carbocycles. The molecular weight excluding hydrogens is 374 g/mol. The first-order valence-corrected chi connectivity index (χ1v) is 10.4. The van der Waals surface area contributed by atoms with E-state index in [9.17, 15) is 4.79 Å². The number of nitrogens with one attached hydrogen (secondary N) is 1. The molecule has 0 fully saturated rings. The van der Waals surface area contributed by atoms with E-state index in [0.29, 0.717) is 24.6 Å². The van der Waals surface area contributed by atoms with Gasteiger partial charge in [0.05, 0.1) is 6.61 Å². The minimum absolute atomic E-state index is 0.0915. The van der Waals surface area contributed by atoms with Crippen LogP contribution >= 0.6 is 11.8 Å². The first-order valence-electron chi connectivity index (χ1n) is 9.22. The van der Waals surface area contributed by atoms with Crippen LogP contribution in [0.4, 0.5) is 5.88 Å². The summed E-state index contributed by atoms with van der Waals surface area (Å²) in [5, 5.41) is 6.80. The van der Waals surface area contributed by atoms with Crippen LogP contribution in [0, 0.1) is 0 Å². The Morgan fingerprint density at radius 2 is 2.04 bits per heavy atom. The van der Waals surface area contributed by atoms with Gasteiger partial charge in [-0.05, 0) is 43.4 Å². The Kier molecular flexibility index (Phi) is 7.49. The monoisotopic (exact) mass is 397 g/mol. The highest BCUT2D eigenvalue weighted by atomic mass is 32.2. The van der Waals surface area contributed by atoms with Crippen LogP contribution in [0.3, 0.4) is 0 Å². The standard InChI is InChI=1S/C21H23N3O3S/c1-2-26-19-9-4-3-8-17(19)18-15-21(27-24-18)23-20(25)11-14-28-13-10-16-7-5-6-12-22-16/h3-9,12,15H,2,10-11,13-14H2,1H3,(H,23,25). The molecule has 0 aliphatic carbocycles. The third kappa shape index (κ3) is 5.85. The second-order valence-electron chi connectivity index (χ2n) is 5.99. The van der Waals surface area contributed by atoms with Crippen molar-refractivity contribution in [2.75, 3.05) is 23.4 Å². The van der Waals surface area contributed by atoms with E-state index in [1.165, 1.54) is 0 Å². The molecule has 0 unspecified atom stereocenters. The third-order valence-corrected chi connectivity index (χ3v) is 4.92. The summed E-state index contributed by atoms with van der Waals surface area (Å²) in [5.41, 5.74) is 2.53. The number of pyridine rings is 1. The van der Waals surface area contributed by atoms with Crippen molar-refractivity contribution in [3.63, 3.8) is 0 Å². The maximum absolute atomic E-state index is 12.1. The van der Waals surface area contributed by atoms with Gasteiger partial charge >= 0.3 is 0 Å². The van der Waals surface area contributed by atoms with Gasteiger partial charge in [-0.25, -0.2) is 0 Å². The lowest BCUT2D eigenvalue weighted by Crippen LogP contribution is -2.11. The van der Waals surface area contributed by atoms with E-state index < -0.39 is 0 Å². The number of rotatable bonds is 10. The number of hydrogen-bond donors (Lipinski definition) is 1. The third-order valence-electron chi connectivity index (χ3n) is 3.94. The zero-order valence-electron chi connectivity index (χ0n) is 15.8. The summed E-state index contributed by atoms with van der Waals surface area (Å²) in [4.78, 5) is 16.4. The van der Waals surface area contributed by atoms with E-state index >= 15 is 0 Å². The van der Waals surface area contributed by atoms with Crippen molar-refractivity contribution in [1.82, 2.24) is 10.1 Å². The number of benzene rings is 1. The van der Waals surface area contributed by atoms with Gasteiger partial charge in [-0.15, -0.1) is 0 Å². The molecule has 0 atom stereocenters. The van der Waals surface area contributed by atoms with Gasteiger partial charge in [-0.3, -0.25) is 15.1 Å². The number of nitrogens with zero attached hydrogens (tertiary/aromatic N) is 2. The van der Waals surface area contributed by atoms with Crippen molar-refractivity contribution in [2.24, 2.45) is 0 Å². The number of carbonyl (C=O) groups is 1. The molecule has 2 heterocycles. The average Bonchev–Trinajstić information content (AvgIpc) is 3.17. The number of aromatic nitrogens is 2. The highest BCUT2D eigenvalue weighted by Gasteiger charge is 2.13. The highest BCUT2D eigenvalue weighted by molar-refractivity contribution is 7.99. The molecule has 0 spiro atoms. The summed E-state index contributed by atoms with van der Waals surface area (Å²) in [7, 11) is 0. The number of amides is 1. The van der Waals surface area contributed by atoms with Crippen LogP contribution in [0.25, 0.3) is 11.3 Å². The van der Waals surface area contributed by atoms with Crippen LogP contribution < -0.4 is 10.1 Å². The molecule has 0 aliphatic heterocycles. The molecule has 0 radical (unpaired) electrons. The second kappa shape index (κ2) is 10.5. The predicted octanol–water partition coefficient (Wildman–Crippen LogP) is 4.44. The van der Waals surface area contributed by atoms with E-state index in [1.807, 2.05) is 49.4 Å². The molecule has 3 aromatic rings. The Bertz CT molecular complexity index is 883. The number of ether oxygens (including phenoxy) is 1. The van der Waals surface area contributed by atoms with Gasteiger partial charge in [-0.1, -0.05) is 23.4 Å². The van der Waals surface area contributed by atoms with E-state index in [1.54, 1.807) is 24.0 Å². The Balaban J connectivity index is 1.44. The minimum Gasteiger partial charge on any atom is -0.493 e. The van der Waals surface area contributed by atoms with Crippen LogP contribution in [-0.2, 0) is 11.2 Å². The van der Waals surface area contributed by atoms with Crippen molar-refractivity contribution in [3.05, 3.63) is 60.4 Å². The number of hydrogen-bond acceptors (Lipinski definition) is 6. The molecule has 0 saturated heterocycles. The van der Waals surface area contributed by atoms with Gasteiger partial charge in [0.25, 0.3) is 0 Å². The van der Waals surface area contributed by atoms with Crippen LogP contribution in [-0.4, -0.2) is 34.2 Å². The number of carbonyl (C=O) groups excluding carboxylic acids is 1. The maximum atomic E-state index is 12.1. The zero-order chi connectivity index (χ0) is 19.6. The summed E-state index contributed by atoms with van der Waals surface area (Å²) in [6, 6.07) is 15.2. The molecule has 1 N–H and O–H groups in total. The molecule has 1 amide bonds. The Hall–Kier alpha value is -2.80. The van der Waals surface area contributed by atoms with Gasteiger partial charge in [0, 0.05) is 35.7 Å². The van der Waals surface area contributed by atoms with Gasteiger partial charge < -0.3 is 9.26 Å². The smallest absolute Gasteiger partial charge is 0.231 e. The van der Waals surface area contributed by atoms with Crippen molar-refractivity contribution < 1.29 is 14.1 Å². The molecule has 0 bridgehead atoms. The van der Waals surface area contributed by atoms with Crippen LogP contribution in [0.1, 0.15) is 19.0 Å². The molecule has 146 valence electrons. The molecule has 2 aromatic heterocycles.